The molecule has 0 aliphatic heterocycles. The molecule has 0 bridgehead atoms. The molecule has 0 spiro atoms. The van der Waals surface area contributed by atoms with Crippen molar-refractivity contribution in [2.24, 2.45) is 7.05 Å². The number of fused-ring (bicyclic) bond motifs is 1. The highest BCUT2D eigenvalue weighted by Crippen LogP contribution is 2.22. The minimum atomic E-state index is -0.239. The van der Waals surface area contributed by atoms with Crippen LogP contribution in [0.15, 0.2) is 43.4 Å². The number of halogens is 1. The largest absolute Gasteiger partial charge is 0.391 e. The lowest BCUT2D eigenvalue weighted by Gasteiger charge is -2.03. The molecular formula is C16H12FN3OS. The molecule has 0 fully saturated rings. The fourth-order valence-electron chi connectivity index (χ4n) is 2.04. The number of anilines is 1. The van der Waals surface area contributed by atoms with Crippen molar-refractivity contribution in [3.05, 3.63) is 59.0 Å². The number of aryl methyl sites for hydroxylation is 1. The summed E-state index contributed by atoms with van der Waals surface area (Å²) in [4.78, 5) is 10.00. The molecule has 0 unspecified atom stereocenters. The summed E-state index contributed by atoms with van der Waals surface area (Å²) < 4.78 is 14.9. The van der Waals surface area contributed by atoms with Crippen molar-refractivity contribution in [2.45, 2.75) is 0 Å². The number of hydrogen-bond donors (Lipinski definition) is 1. The molecular weight excluding hydrogens is 301 g/mol. The summed E-state index contributed by atoms with van der Waals surface area (Å²) in [5, 5.41) is 0.654. The first kappa shape index (κ1) is 14.2. The van der Waals surface area contributed by atoms with Crippen molar-refractivity contribution in [1.82, 2.24) is 9.55 Å². The smallest absolute Gasteiger partial charge is 0.177 e. The van der Waals surface area contributed by atoms with Crippen LogP contribution in [0.4, 0.5) is 10.1 Å². The lowest BCUT2D eigenvalue weighted by Crippen LogP contribution is -1.96. The van der Waals surface area contributed by atoms with E-state index in [9.17, 15) is 4.39 Å². The monoisotopic (exact) mass is 313 g/mol. The normalized spacial score (nSPS) is 10.1. The fourth-order valence-corrected chi connectivity index (χ4v) is 2.62. The molecule has 3 aromatic heterocycles. The topological polar surface area (TPSA) is 39.1 Å². The van der Waals surface area contributed by atoms with Crippen LogP contribution in [0.3, 0.4) is 0 Å². The van der Waals surface area contributed by atoms with Gasteiger partial charge in [0.15, 0.2) is 5.13 Å². The Morgan fingerprint density at radius 3 is 3.05 bits per heavy atom. The Labute approximate surface area is 130 Å². The number of thiophene rings is 1. The van der Waals surface area contributed by atoms with Gasteiger partial charge in [0, 0.05) is 18.6 Å². The zero-order chi connectivity index (χ0) is 15.5. The van der Waals surface area contributed by atoms with E-state index in [-0.39, 0.29) is 5.13 Å². The average Bonchev–Trinajstić information content (AvgIpc) is 3.07. The molecule has 0 aliphatic rings. The molecule has 0 aliphatic carbocycles. The third-order valence-corrected chi connectivity index (χ3v) is 3.76. The van der Waals surface area contributed by atoms with Gasteiger partial charge in [-0.05, 0) is 18.2 Å². The van der Waals surface area contributed by atoms with Crippen LogP contribution in [0.5, 0.6) is 0 Å². The molecule has 0 radical (unpaired) electrons. The zero-order valence-electron chi connectivity index (χ0n) is 11.8. The van der Waals surface area contributed by atoms with E-state index in [1.807, 2.05) is 23.9 Å². The van der Waals surface area contributed by atoms with Crippen molar-refractivity contribution in [3.63, 3.8) is 0 Å². The molecule has 0 amide bonds. The van der Waals surface area contributed by atoms with E-state index < -0.39 is 0 Å². The molecule has 0 aromatic carbocycles. The van der Waals surface area contributed by atoms with E-state index in [1.54, 1.807) is 12.3 Å². The summed E-state index contributed by atoms with van der Waals surface area (Å²) in [6.07, 6.45) is 4.85. The Hall–Kier alpha value is -2.78. The summed E-state index contributed by atoms with van der Waals surface area (Å²) in [5.41, 5.74) is 5.04. The predicted molar refractivity (Wildman–Crippen MR) is 85.9 cm³/mol. The Bertz CT molecular complexity index is 901. The summed E-state index contributed by atoms with van der Waals surface area (Å²) in [6, 6.07) is 4.97. The van der Waals surface area contributed by atoms with E-state index in [4.69, 9.17) is 4.84 Å². The first-order valence-corrected chi connectivity index (χ1v) is 7.24. The zero-order valence-corrected chi connectivity index (χ0v) is 12.6. The van der Waals surface area contributed by atoms with E-state index in [2.05, 4.69) is 28.9 Å². The van der Waals surface area contributed by atoms with E-state index in [0.717, 1.165) is 27.9 Å². The average molecular weight is 313 g/mol. The van der Waals surface area contributed by atoms with Gasteiger partial charge in [-0.3, -0.25) is 0 Å². The summed E-state index contributed by atoms with van der Waals surface area (Å²) in [5.74, 6) is 6.04. The Morgan fingerprint density at radius 1 is 1.45 bits per heavy atom. The van der Waals surface area contributed by atoms with Gasteiger partial charge in [0.2, 0.25) is 0 Å². The minimum absolute atomic E-state index is 0.239. The molecule has 110 valence electrons. The van der Waals surface area contributed by atoms with Crippen LogP contribution in [0, 0.1) is 17.0 Å². The highest BCUT2D eigenvalue weighted by Gasteiger charge is 2.07. The maximum absolute atomic E-state index is 13.0. The van der Waals surface area contributed by atoms with Crippen LogP contribution < -0.4 is 5.48 Å². The van der Waals surface area contributed by atoms with Crippen LogP contribution in [0.25, 0.3) is 11.0 Å². The van der Waals surface area contributed by atoms with Gasteiger partial charge in [-0.15, -0.1) is 0 Å². The summed E-state index contributed by atoms with van der Waals surface area (Å²) >= 11 is 1.03. The lowest BCUT2D eigenvalue weighted by atomic mass is 10.2. The Balaban J connectivity index is 2.01. The number of aromatic nitrogens is 2. The standard InChI is InChI=1S/C16H12FN3OS/c1-3-21-19-12-8-14-11(10-20(2)16(14)18-9-12)4-5-13-6-7-15(17)22-13/h3,6-10,19H,1H2,2H3. The quantitative estimate of drug-likeness (QED) is 0.456. The molecule has 4 nitrogen and oxygen atoms in total. The van der Waals surface area contributed by atoms with Gasteiger partial charge in [-0.1, -0.05) is 29.8 Å². The second-order valence-electron chi connectivity index (χ2n) is 4.49. The maximum atomic E-state index is 13.0. The number of pyridine rings is 1. The van der Waals surface area contributed by atoms with E-state index >= 15 is 0 Å². The van der Waals surface area contributed by atoms with Crippen molar-refractivity contribution < 1.29 is 9.23 Å². The van der Waals surface area contributed by atoms with E-state index in [1.165, 1.54) is 12.3 Å². The van der Waals surface area contributed by atoms with Crippen LogP contribution in [0.2, 0.25) is 0 Å². The van der Waals surface area contributed by atoms with Gasteiger partial charge in [-0.2, -0.15) is 4.39 Å². The second-order valence-corrected chi connectivity index (χ2v) is 5.52. The van der Waals surface area contributed by atoms with Crippen molar-refractivity contribution in [3.8, 4) is 11.8 Å². The lowest BCUT2D eigenvalue weighted by molar-refractivity contribution is 0.331. The number of rotatable bonds is 3. The third kappa shape index (κ3) is 2.80. The molecule has 1 N–H and O–H groups in total. The molecule has 0 atom stereocenters. The number of nitrogens with zero attached hydrogens (tertiary/aromatic N) is 2. The van der Waals surface area contributed by atoms with Gasteiger partial charge in [-0.25, -0.2) is 10.5 Å². The first-order chi connectivity index (χ1) is 10.7. The highest BCUT2D eigenvalue weighted by molar-refractivity contribution is 7.10. The number of nitrogens with one attached hydrogen (secondary N) is 1. The SMILES string of the molecule is C=CONc1cnc2c(c1)c(C#Cc1ccc(F)s1)cn2C. The van der Waals surface area contributed by atoms with Gasteiger partial charge in [0.1, 0.15) is 11.9 Å². The van der Waals surface area contributed by atoms with Crippen molar-refractivity contribution in [1.29, 1.82) is 0 Å². The molecule has 0 saturated carbocycles. The molecule has 6 heteroatoms. The van der Waals surface area contributed by atoms with Gasteiger partial charge < -0.3 is 9.40 Å². The maximum Gasteiger partial charge on any atom is 0.177 e. The molecule has 3 aromatic rings. The predicted octanol–water partition coefficient (Wildman–Crippen LogP) is 3.66. The van der Waals surface area contributed by atoms with Crippen LogP contribution in [-0.2, 0) is 11.9 Å². The van der Waals surface area contributed by atoms with Crippen LogP contribution in [0.1, 0.15) is 10.4 Å². The summed E-state index contributed by atoms with van der Waals surface area (Å²) in [7, 11) is 1.90. The van der Waals surface area contributed by atoms with Crippen molar-refractivity contribution >= 4 is 28.1 Å². The Morgan fingerprint density at radius 2 is 2.32 bits per heavy atom. The van der Waals surface area contributed by atoms with E-state index in [0.29, 0.717) is 10.6 Å². The van der Waals surface area contributed by atoms with Crippen LogP contribution in [-0.4, -0.2) is 9.55 Å². The van der Waals surface area contributed by atoms with Gasteiger partial charge in [0.05, 0.1) is 22.3 Å². The highest BCUT2D eigenvalue weighted by atomic mass is 32.1. The van der Waals surface area contributed by atoms with Gasteiger partial charge >= 0.3 is 0 Å². The van der Waals surface area contributed by atoms with Crippen LogP contribution >= 0.6 is 11.3 Å². The second kappa shape index (κ2) is 5.92. The first-order valence-electron chi connectivity index (χ1n) is 6.42. The number of hydrogen-bond acceptors (Lipinski definition) is 4. The molecule has 3 rings (SSSR count). The van der Waals surface area contributed by atoms with Gasteiger partial charge in [0.25, 0.3) is 0 Å². The minimum Gasteiger partial charge on any atom is -0.391 e. The Kier molecular flexibility index (Phi) is 3.81. The fraction of sp³-hybridized carbons (Fsp3) is 0.0625. The van der Waals surface area contributed by atoms with Crippen molar-refractivity contribution in [2.75, 3.05) is 5.48 Å². The molecule has 0 saturated heterocycles. The molecule has 3 heterocycles. The third-order valence-electron chi connectivity index (χ3n) is 2.97. The summed E-state index contributed by atoms with van der Waals surface area (Å²) in [6.45, 7) is 3.46. The molecule has 22 heavy (non-hydrogen) atoms.